The van der Waals surface area contributed by atoms with E-state index < -0.39 is 10.8 Å². The standard InChI is InChI=1S/C16H13NOS/c18-19(12-13-6-2-1-3-7-13)15-10-4-8-14-9-5-11-17-16(14)15/h1-11H,12H2/t19-/m1/s1. The number of nitrogens with zero attached hydrogens (tertiary/aromatic N) is 1. The zero-order valence-electron chi connectivity index (χ0n) is 10.3. The Labute approximate surface area is 114 Å². The molecule has 3 rings (SSSR count). The van der Waals surface area contributed by atoms with Gasteiger partial charge in [0, 0.05) is 11.6 Å². The molecule has 1 aromatic heterocycles. The van der Waals surface area contributed by atoms with E-state index in [0.717, 1.165) is 21.4 Å². The van der Waals surface area contributed by atoms with Crippen LogP contribution >= 0.6 is 0 Å². The highest BCUT2D eigenvalue weighted by Gasteiger charge is 2.09. The maximum atomic E-state index is 12.5. The number of hydrogen-bond donors (Lipinski definition) is 0. The first-order valence-corrected chi connectivity index (χ1v) is 7.42. The Morgan fingerprint density at radius 2 is 1.68 bits per heavy atom. The molecule has 0 amide bonds. The van der Waals surface area contributed by atoms with Crippen molar-refractivity contribution in [3.63, 3.8) is 0 Å². The van der Waals surface area contributed by atoms with Gasteiger partial charge in [-0.2, -0.15) is 0 Å². The molecule has 0 unspecified atom stereocenters. The molecule has 19 heavy (non-hydrogen) atoms. The van der Waals surface area contributed by atoms with Gasteiger partial charge in [-0.05, 0) is 17.7 Å². The summed E-state index contributed by atoms with van der Waals surface area (Å²) >= 11 is 0. The summed E-state index contributed by atoms with van der Waals surface area (Å²) in [5, 5.41) is 1.03. The van der Waals surface area contributed by atoms with Crippen LogP contribution in [-0.2, 0) is 16.6 Å². The molecule has 0 bridgehead atoms. The monoisotopic (exact) mass is 267 g/mol. The Kier molecular flexibility index (Phi) is 3.38. The summed E-state index contributed by atoms with van der Waals surface area (Å²) in [6.45, 7) is 0. The first-order chi connectivity index (χ1) is 9.34. The van der Waals surface area contributed by atoms with Crippen molar-refractivity contribution in [1.82, 2.24) is 4.98 Å². The van der Waals surface area contributed by atoms with Gasteiger partial charge in [0.25, 0.3) is 0 Å². The highest BCUT2D eigenvalue weighted by atomic mass is 32.2. The van der Waals surface area contributed by atoms with Crippen molar-refractivity contribution in [3.05, 3.63) is 72.4 Å². The van der Waals surface area contributed by atoms with Crippen LogP contribution in [0.15, 0.2) is 71.8 Å². The number of pyridine rings is 1. The normalized spacial score (nSPS) is 12.4. The van der Waals surface area contributed by atoms with E-state index in [9.17, 15) is 4.21 Å². The van der Waals surface area contributed by atoms with Crippen LogP contribution in [0.5, 0.6) is 0 Å². The molecule has 0 saturated heterocycles. The summed E-state index contributed by atoms with van der Waals surface area (Å²) < 4.78 is 12.5. The predicted octanol–water partition coefficient (Wildman–Crippen LogP) is 3.54. The molecule has 1 heterocycles. The maximum absolute atomic E-state index is 12.5. The zero-order chi connectivity index (χ0) is 13.1. The Balaban J connectivity index is 1.98. The van der Waals surface area contributed by atoms with Gasteiger partial charge >= 0.3 is 0 Å². The maximum Gasteiger partial charge on any atom is 0.0863 e. The number of rotatable bonds is 3. The summed E-state index contributed by atoms with van der Waals surface area (Å²) in [5.41, 5.74) is 1.91. The second-order valence-electron chi connectivity index (χ2n) is 4.31. The van der Waals surface area contributed by atoms with E-state index >= 15 is 0 Å². The molecule has 0 saturated carbocycles. The van der Waals surface area contributed by atoms with E-state index in [1.165, 1.54) is 0 Å². The minimum Gasteiger partial charge on any atom is -0.255 e. The molecule has 0 fully saturated rings. The lowest BCUT2D eigenvalue weighted by atomic mass is 10.2. The SMILES string of the molecule is O=[S@](Cc1ccccc1)c1cccc2cccnc12. The molecule has 1 atom stereocenters. The topological polar surface area (TPSA) is 30.0 Å². The molecule has 0 radical (unpaired) electrons. The van der Waals surface area contributed by atoms with Crippen molar-refractivity contribution in [2.45, 2.75) is 10.6 Å². The van der Waals surface area contributed by atoms with Crippen LogP contribution in [0.25, 0.3) is 10.9 Å². The average molecular weight is 267 g/mol. The average Bonchev–Trinajstić information content (AvgIpc) is 2.47. The fourth-order valence-corrected chi connectivity index (χ4v) is 3.33. The highest BCUT2D eigenvalue weighted by molar-refractivity contribution is 7.84. The van der Waals surface area contributed by atoms with E-state index in [2.05, 4.69) is 4.98 Å². The lowest BCUT2D eigenvalue weighted by molar-refractivity contribution is 0.683. The summed E-state index contributed by atoms with van der Waals surface area (Å²) in [4.78, 5) is 5.16. The molecule has 0 N–H and O–H groups in total. The third-order valence-corrected chi connectivity index (χ3v) is 4.40. The van der Waals surface area contributed by atoms with Crippen LogP contribution in [-0.4, -0.2) is 9.19 Å². The first kappa shape index (κ1) is 12.1. The lowest BCUT2D eigenvalue weighted by Crippen LogP contribution is -1.98. The zero-order valence-corrected chi connectivity index (χ0v) is 11.1. The molecule has 2 nitrogen and oxygen atoms in total. The number of aromatic nitrogens is 1. The minimum atomic E-state index is -1.07. The van der Waals surface area contributed by atoms with Gasteiger partial charge in [-0.1, -0.05) is 48.5 Å². The third kappa shape index (κ3) is 2.56. The van der Waals surface area contributed by atoms with Crippen LogP contribution < -0.4 is 0 Å². The molecule has 0 spiro atoms. The quantitative estimate of drug-likeness (QED) is 0.726. The van der Waals surface area contributed by atoms with Crippen molar-refractivity contribution in [2.75, 3.05) is 0 Å². The molecule has 2 aromatic carbocycles. The van der Waals surface area contributed by atoms with Crippen LogP contribution in [0.3, 0.4) is 0 Å². The van der Waals surface area contributed by atoms with E-state index in [1.54, 1.807) is 6.20 Å². The summed E-state index contributed by atoms with van der Waals surface area (Å²) in [6.07, 6.45) is 1.74. The molecule has 0 aliphatic heterocycles. The molecule has 0 aliphatic carbocycles. The van der Waals surface area contributed by atoms with Crippen LogP contribution in [0.4, 0.5) is 0 Å². The first-order valence-electron chi connectivity index (χ1n) is 6.10. The summed E-state index contributed by atoms with van der Waals surface area (Å²) in [5.74, 6) is 0.524. The van der Waals surface area contributed by atoms with Crippen molar-refractivity contribution < 1.29 is 4.21 Å². The number of fused-ring (bicyclic) bond motifs is 1. The number of benzene rings is 2. The van der Waals surface area contributed by atoms with Gasteiger partial charge in [0.2, 0.25) is 0 Å². The Morgan fingerprint density at radius 3 is 2.53 bits per heavy atom. The predicted molar refractivity (Wildman–Crippen MR) is 78.3 cm³/mol. The lowest BCUT2D eigenvalue weighted by Gasteiger charge is -2.05. The van der Waals surface area contributed by atoms with Gasteiger partial charge in [0.05, 0.1) is 27.0 Å². The number of para-hydroxylation sites is 1. The van der Waals surface area contributed by atoms with Crippen molar-refractivity contribution in [1.29, 1.82) is 0 Å². The molecule has 94 valence electrons. The fourth-order valence-electron chi connectivity index (χ4n) is 2.06. The van der Waals surface area contributed by atoms with Crippen LogP contribution in [0, 0.1) is 0 Å². The Bertz CT molecular complexity index is 720. The molecular formula is C16H13NOS. The van der Waals surface area contributed by atoms with Crippen LogP contribution in [0.2, 0.25) is 0 Å². The van der Waals surface area contributed by atoms with E-state index in [-0.39, 0.29) is 0 Å². The van der Waals surface area contributed by atoms with Gasteiger partial charge in [-0.15, -0.1) is 0 Å². The van der Waals surface area contributed by atoms with Crippen molar-refractivity contribution in [2.24, 2.45) is 0 Å². The minimum absolute atomic E-state index is 0.524. The highest BCUT2D eigenvalue weighted by Crippen LogP contribution is 2.21. The molecular weight excluding hydrogens is 254 g/mol. The van der Waals surface area contributed by atoms with Crippen molar-refractivity contribution in [3.8, 4) is 0 Å². The fraction of sp³-hybridized carbons (Fsp3) is 0.0625. The molecule has 0 aliphatic rings. The van der Waals surface area contributed by atoms with Crippen molar-refractivity contribution >= 4 is 21.7 Å². The third-order valence-electron chi connectivity index (χ3n) is 2.98. The molecule has 3 aromatic rings. The second kappa shape index (κ2) is 5.33. The summed E-state index contributed by atoms with van der Waals surface area (Å²) in [7, 11) is -1.07. The van der Waals surface area contributed by atoms with Gasteiger partial charge in [0.1, 0.15) is 0 Å². The van der Waals surface area contributed by atoms with E-state index in [0.29, 0.717) is 5.75 Å². The second-order valence-corrected chi connectivity index (χ2v) is 5.73. The Morgan fingerprint density at radius 1 is 0.895 bits per heavy atom. The van der Waals surface area contributed by atoms with Gasteiger partial charge < -0.3 is 0 Å². The molecule has 3 heteroatoms. The number of hydrogen-bond acceptors (Lipinski definition) is 2. The van der Waals surface area contributed by atoms with Crippen LogP contribution in [0.1, 0.15) is 5.56 Å². The van der Waals surface area contributed by atoms with Gasteiger partial charge in [0.15, 0.2) is 0 Å². The summed E-state index contributed by atoms with van der Waals surface area (Å²) in [6, 6.07) is 19.6. The van der Waals surface area contributed by atoms with Gasteiger partial charge in [-0.3, -0.25) is 9.19 Å². The Hall–Kier alpha value is -2.00. The smallest absolute Gasteiger partial charge is 0.0863 e. The largest absolute Gasteiger partial charge is 0.255 e. The van der Waals surface area contributed by atoms with E-state index in [4.69, 9.17) is 0 Å². The van der Waals surface area contributed by atoms with E-state index in [1.807, 2.05) is 60.7 Å². The van der Waals surface area contributed by atoms with Gasteiger partial charge in [-0.25, -0.2) is 0 Å².